The Morgan fingerprint density at radius 2 is 1.81 bits per heavy atom. The molecule has 9 heteroatoms. The Balaban J connectivity index is 4.63. The SMILES string of the molecule is [N-]=[N+]=N[C@@H](CO)[C@H](O)[C@@H](O)[C@H](O)C(=O)CO. The van der Waals surface area contributed by atoms with Crippen LogP contribution in [0, 0.1) is 0 Å². The minimum atomic E-state index is -2.01. The molecule has 0 fully saturated rings. The second kappa shape index (κ2) is 7.12. The Morgan fingerprint density at radius 3 is 2.19 bits per heavy atom. The first-order valence-corrected chi connectivity index (χ1v) is 4.32. The third-order valence-corrected chi connectivity index (χ3v) is 1.94. The van der Waals surface area contributed by atoms with Gasteiger partial charge in [-0.1, -0.05) is 5.11 Å². The number of carbonyl (C=O) groups is 1. The van der Waals surface area contributed by atoms with E-state index in [-0.39, 0.29) is 0 Å². The van der Waals surface area contributed by atoms with E-state index in [0.29, 0.717) is 0 Å². The highest BCUT2D eigenvalue weighted by atomic mass is 16.4. The van der Waals surface area contributed by atoms with E-state index in [4.69, 9.17) is 20.9 Å². The third-order valence-electron chi connectivity index (χ3n) is 1.94. The topological polar surface area (TPSA) is 167 Å². The van der Waals surface area contributed by atoms with Gasteiger partial charge in [-0.15, -0.1) is 0 Å². The summed E-state index contributed by atoms with van der Waals surface area (Å²) in [6.07, 6.45) is -5.78. The monoisotopic (exact) mass is 235 g/mol. The molecule has 0 aliphatic carbocycles. The Labute approximate surface area is 90.2 Å². The molecule has 0 aliphatic heterocycles. The predicted molar refractivity (Wildman–Crippen MR) is 50.1 cm³/mol. The smallest absolute Gasteiger partial charge is 0.189 e. The molecule has 0 amide bonds. The van der Waals surface area contributed by atoms with Gasteiger partial charge >= 0.3 is 0 Å². The summed E-state index contributed by atoms with van der Waals surface area (Å²) in [6, 6.07) is -1.39. The number of aliphatic hydroxyl groups excluding tert-OH is 5. The second-order valence-electron chi connectivity index (χ2n) is 3.01. The largest absolute Gasteiger partial charge is 0.396 e. The summed E-state index contributed by atoms with van der Waals surface area (Å²) >= 11 is 0. The summed E-state index contributed by atoms with van der Waals surface area (Å²) in [5, 5.41) is 47.8. The average molecular weight is 235 g/mol. The first kappa shape index (κ1) is 14.8. The van der Waals surface area contributed by atoms with Crippen molar-refractivity contribution >= 4 is 5.78 Å². The van der Waals surface area contributed by atoms with E-state index in [9.17, 15) is 15.0 Å². The minimum absolute atomic E-state index is 0.762. The van der Waals surface area contributed by atoms with Gasteiger partial charge in [-0.25, -0.2) is 0 Å². The maximum Gasteiger partial charge on any atom is 0.189 e. The van der Waals surface area contributed by atoms with Crippen molar-refractivity contribution in [3.8, 4) is 0 Å². The van der Waals surface area contributed by atoms with Gasteiger partial charge < -0.3 is 25.5 Å². The number of nitrogens with zero attached hydrogens (tertiary/aromatic N) is 3. The first-order chi connectivity index (χ1) is 7.49. The Morgan fingerprint density at radius 1 is 1.25 bits per heavy atom. The molecule has 0 spiro atoms. The molecule has 0 radical (unpaired) electrons. The summed E-state index contributed by atoms with van der Waals surface area (Å²) in [4.78, 5) is 13.1. The molecule has 0 heterocycles. The Hall–Kier alpha value is -1.22. The predicted octanol–water partition coefficient (Wildman–Crippen LogP) is -2.70. The molecule has 0 rings (SSSR count). The van der Waals surface area contributed by atoms with Crippen molar-refractivity contribution in [2.24, 2.45) is 5.11 Å². The molecule has 9 nitrogen and oxygen atoms in total. The maximum absolute atomic E-state index is 10.8. The van der Waals surface area contributed by atoms with Crippen LogP contribution < -0.4 is 0 Å². The first-order valence-electron chi connectivity index (χ1n) is 4.32. The summed E-state index contributed by atoms with van der Waals surface area (Å²) in [5.41, 5.74) is 8.08. The second-order valence-corrected chi connectivity index (χ2v) is 3.01. The van der Waals surface area contributed by atoms with E-state index >= 15 is 0 Å². The van der Waals surface area contributed by atoms with E-state index in [1.807, 2.05) is 0 Å². The van der Waals surface area contributed by atoms with Gasteiger partial charge in [-0.3, -0.25) is 4.79 Å². The quantitative estimate of drug-likeness (QED) is 0.183. The molecule has 0 aromatic carbocycles. The maximum atomic E-state index is 10.8. The van der Waals surface area contributed by atoms with Gasteiger partial charge in [0.25, 0.3) is 0 Å². The molecular weight excluding hydrogens is 222 g/mol. The van der Waals surface area contributed by atoms with Gasteiger partial charge in [0.05, 0.1) is 18.8 Å². The number of azide groups is 1. The molecule has 92 valence electrons. The molecule has 5 N–H and O–H groups in total. The number of hydrogen-bond acceptors (Lipinski definition) is 7. The van der Waals surface area contributed by atoms with Crippen LogP contribution in [0.1, 0.15) is 0 Å². The van der Waals surface area contributed by atoms with Gasteiger partial charge in [0.2, 0.25) is 0 Å². The lowest BCUT2D eigenvalue weighted by atomic mass is 9.99. The molecule has 0 saturated carbocycles. The van der Waals surface area contributed by atoms with E-state index in [2.05, 4.69) is 10.0 Å². The van der Waals surface area contributed by atoms with Crippen LogP contribution in [0.25, 0.3) is 10.4 Å². The van der Waals surface area contributed by atoms with E-state index < -0.39 is 43.4 Å². The van der Waals surface area contributed by atoms with Crippen LogP contribution in [0.5, 0.6) is 0 Å². The van der Waals surface area contributed by atoms with Crippen molar-refractivity contribution in [3.05, 3.63) is 10.4 Å². The molecule has 0 aromatic heterocycles. The number of carbonyl (C=O) groups excluding carboxylic acids is 1. The lowest BCUT2D eigenvalue weighted by Gasteiger charge is -2.24. The highest BCUT2D eigenvalue weighted by molar-refractivity contribution is 5.84. The number of rotatable bonds is 7. The van der Waals surface area contributed by atoms with Crippen LogP contribution in [0.4, 0.5) is 0 Å². The number of hydrogen-bond donors (Lipinski definition) is 5. The van der Waals surface area contributed by atoms with Crippen LogP contribution in [0.2, 0.25) is 0 Å². The van der Waals surface area contributed by atoms with E-state index in [1.54, 1.807) is 0 Å². The van der Waals surface area contributed by atoms with E-state index in [0.717, 1.165) is 0 Å². The fraction of sp³-hybridized carbons (Fsp3) is 0.857. The lowest BCUT2D eigenvalue weighted by Crippen LogP contribution is -2.48. The molecule has 4 atom stereocenters. The molecule has 0 saturated heterocycles. The van der Waals surface area contributed by atoms with Crippen molar-refractivity contribution in [2.75, 3.05) is 13.2 Å². The number of Topliss-reactive ketones (excluding diaryl/α,β-unsaturated/α-hetero) is 1. The number of ketones is 1. The fourth-order valence-corrected chi connectivity index (χ4v) is 0.978. The summed E-state index contributed by atoms with van der Waals surface area (Å²) in [5.74, 6) is -1.09. The molecule has 0 aromatic rings. The Bertz CT molecular complexity index is 279. The number of aliphatic hydroxyl groups is 5. The zero-order valence-corrected chi connectivity index (χ0v) is 8.21. The van der Waals surface area contributed by atoms with Gasteiger partial charge in [0.15, 0.2) is 5.78 Å². The lowest BCUT2D eigenvalue weighted by molar-refractivity contribution is -0.142. The van der Waals surface area contributed by atoms with Crippen molar-refractivity contribution in [2.45, 2.75) is 24.4 Å². The molecule has 16 heavy (non-hydrogen) atoms. The summed E-state index contributed by atoms with van der Waals surface area (Å²) in [7, 11) is 0. The van der Waals surface area contributed by atoms with Crippen LogP contribution in [-0.4, -0.2) is 68.9 Å². The van der Waals surface area contributed by atoms with Gasteiger partial charge in [0, 0.05) is 4.91 Å². The molecular formula is C7H13N3O6. The molecule has 0 aliphatic rings. The normalized spacial score (nSPS) is 18.1. The molecule has 0 bridgehead atoms. The van der Waals surface area contributed by atoms with Crippen LogP contribution in [-0.2, 0) is 4.79 Å². The van der Waals surface area contributed by atoms with E-state index in [1.165, 1.54) is 0 Å². The Kier molecular flexibility index (Phi) is 6.58. The van der Waals surface area contributed by atoms with Crippen LogP contribution in [0.3, 0.4) is 0 Å². The van der Waals surface area contributed by atoms with Gasteiger partial charge in [0.1, 0.15) is 18.8 Å². The minimum Gasteiger partial charge on any atom is -0.396 e. The summed E-state index contributed by atoms with van der Waals surface area (Å²) < 4.78 is 0. The van der Waals surface area contributed by atoms with Crippen molar-refractivity contribution in [1.29, 1.82) is 0 Å². The molecule has 0 unspecified atom stereocenters. The van der Waals surface area contributed by atoms with Crippen LogP contribution in [0.15, 0.2) is 5.11 Å². The highest BCUT2D eigenvalue weighted by Crippen LogP contribution is 2.09. The highest BCUT2D eigenvalue weighted by Gasteiger charge is 2.33. The van der Waals surface area contributed by atoms with Crippen LogP contribution >= 0.6 is 0 Å². The third kappa shape index (κ3) is 3.74. The summed E-state index contributed by atoms with van der Waals surface area (Å²) in [6.45, 7) is -1.77. The standard InChI is InChI=1S/C7H13N3O6/c8-10-9-3(1-11)5(14)7(16)6(15)4(13)2-12/h3,5-7,11-12,14-16H,1-2H2/t3-,5-,6+,7+/m0/s1. The fourth-order valence-electron chi connectivity index (χ4n) is 0.978. The zero-order valence-electron chi connectivity index (χ0n) is 8.21. The zero-order chi connectivity index (χ0) is 12.7. The average Bonchev–Trinajstić information content (AvgIpc) is 2.32. The van der Waals surface area contributed by atoms with Gasteiger partial charge in [-0.2, -0.15) is 0 Å². The van der Waals surface area contributed by atoms with Crippen molar-refractivity contribution in [3.63, 3.8) is 0 Å². The van der Waals surface area contributed by atoms with Crippen molar-refractivity contribution < 1.29 is 30.3 Å². The van der Waals surface area contributed by atoms with Crippen molar-refractivity contribution in [1.82, 2.24) is 0 Å². The van der Waals surface area contributed by atoms with Gasteiger partial charge in [-0.05, 0) is 5.53 Å².